The number of halogens is 1. The molecule has 4 rings (SSSR count). The number of hydrogen-bond acceptors (Lipinski definition) is 5. The second-order valence-corrected chi connectivity index (χ2v) is 7.71. The molecule has 2 aromatic heterocycles. The van der Waals surface area contributed by atoms with Gasteiger partial charge in [-0.25, -0.2) is 4.98 Å². The van der Waals surface area contributed by atoms with Crippen molar-refractivity contribution in [3.05, 3.63) is 79.4 Å². The second-order valence-electron chi connectivity index (χ2n) is 6.21. The first-order chi connectivity index (χ1) is 13.0. The molecule has 0 atom stereocenters. The van der Waals surface area contributed by atoms with Gasteiger partial charge in [-0.05, 0) is 43.7 Å². The third-order valence-electron chi connectivity index (χ3n) is 4.34. The van der Waals surface area contributed by atoms with Crippen LogP contribution in [0.3, 0.4) is 0 Å². The maximum absolute atomic E-state index is 12.9. The molecule has 0 aliphatic heterocycles. The van der Waals surface area contributed by atoms with Crippen LogP contribution in [0.25, 0.3) is 22.2 Å². The molecule has 0 N–H and O–H groups in total. The lowest BCUT2D eigenvalue weighted by molar-refractivity contribution is 0.304. The highest BCUT2D eigenvalue weighted by Gasteiger charge is 2.15. The Labute approximate surface area is 165 Å². The highest BCUT2D eigenvalue weighted by Crippen LogP contribution is 2.29. The fourth-order valence-corrected chi connectivity index (χ4v) is 3.62. The molecular formula is C21H16ClNO3S. The van der Waals surface area contributed by atoms with Crippen LogP contribution in [0.4, 0.5) is 0 Å². The van der Waals surface area contributed by atoms with Gasteiger partial charge in [0.2, 0.25) is 5.43 Å². The van der Waals surface area contributed by atoms with Crippen molar-refractivity contribution < 1.29 is 9.15 Å². The largest absolute Gasteiger partial charge is 0.488 e. The summed E-state index contributed by atoms with van der Waals surface area (Å²) < 4.78 is 11.7. The summed E-state index contributed by atoms with van der Waals surface area (Å²) in [7, 11) is 0. The summed E-state index contributed by atoms with van der Waals surface area (Å²) >= 11 is 7.41. The van der Waals surface area contributed by atoms with Gasteiger partial charge in [-0.15, -0.1) is 11.3 Å². The highest BCUT2D eigenvalue weighted by atomic mass is 35.5. The fourth-order valence-electron chi connectivity index (χ4n) is 2.88. The van der Waals surface area contributed by atoms with E-state index in [1.807, 2.05) is 43.5 Å². The van der Waals surface area contributed by atoms with Gasteiger partial charge in [0.25, 0.3) is 0 Å². The Morgan fingerprint density at radius 1 is 1.15 bits per heavy atom. The molecule has 0 saturated carbocycles. The number of rotatable bonds is 4. The summed E-state index contributed by atoms with van der Waals surface area (Å²) in [6, 6.07) is 11.0. The third-order valence-corrected chi connectivity index (χ3v) is 5.37. The van der Waals surface area contributed by atoms with E-state index in [4.69, 9.17) is 20.8 Å². The van der Waals surface area contributed by atoms with E-state index in [2.05, 4.69) is 4.98 Å². The standard InChI is InChI=1S/C21H16ClNO3S/c1-12-19(25-9-14-3-5-15(22)6-4-14)8-7-16-20(24)17(10-26-21(12)16)18-11-27-13(2)23-18/h3-8,10-11H,9H2,1-2H3. The first-order valence-electron chi connectivity index (χ1n) is 8.38. The Balaban J connectivity index is 1.68. The number of aromatic nitrogens is 1. The molecule has 136 valence electrons. The lowest BCUT2D eigenvalue weighted by Gasteiger charge is -2.11. The first kappa shape index (κ1) is 17.8. The summed E-state index contributed by atoms with van der Waals surface area (Å²) in [5.41, 5.74) is 3.36. The molecule has 0 unspecified atom stereocenters. The van der Waals surface area contributed by atoms with Gasteiger partial charge in [-0.3, -0.25) is 4.79 Å². The number of ether oxygens (including phenoxy) is 1. The molecule has 4 aromatic rings. The van der Waals surface area contributed by atoms with Crippen molar-refractivity contribution >= 4 is 33.9 Å². The zero-order valence-corrected chi connectivity index (χ0v) is 16.4. The van der Waals surface area contributed by atoms with Crippen molar-refractivity contribution in [2.75, 3.05) is 0 Å². The number of hydrogen-bond donors (Lipinski definition) is 0. The molecule has 2 aromatic carbocycles. The predicted octanol–water partition coefficient (Wildman–Crippen LogP) is 5.77. The molecule has 0 radical (unpaired) electrons. The van der Waals surface area contributed by atoms with Gasteiger partial charge < -0.3 is 9.15 Å². The first-order valence-corrected chi connectivity index (χ1v) is 9.63. The van der Waals surface area contributed by atoms with E-state index in [9.17, 15) is 4.79 Å². The van der Waals surface area contributed by atoms with Crippen molar-refractivity contribution in [3.8, 4) is 17.0 Å². The normalized spacial score (nSPS) is 11.1. The number of thiazole rings is 1. The zero-order valence-electron chi connectivity index (χ0n) is 14.8. The summed E-state index contributed by atoms with van der Waals surface area (Å²) in [6.45, 7) is 4.20. The van der Waals surface area contributed by atoms with Crippen LogP contribution in [0.5, 0.6) is 5.75 Å². The monoisotopic (exact) mass is 397 g/mol. The molecular weight excluding hydrogens is 382 g/mol. The van der Waals surface area contributed by atoms with Crippen molar-refractivity contribution in [1.82, 2.24) is 4.98 Å². The summed E-state index contributed by atoms with van der Waals surface area (Å²) in [5.74, 6) is 0.679. The molecule has 0 bridgehead atoms. The van der Waals surface area contributed by atoms with Crippen LogP contribution < -0.4 is 10.2 Å². The lowest BCUT2D eigenvalue weighted by Crippen LogP contribution is -2.06. The minimum absolute atomic E-state index is 0.0890. The quantitative estimate of drug-likeness (QED) is 0.439. The fraction of sp³-hybridized carbons (Fsp3) is 0.143. The molecule has 0 saturated heterocycles. The van der Waals surface area contributed by atoms with E-state index in [-0.39, 0.29) is 5.43 Å². The van der Waals surface area contributed by atoms with Gasteiger partial charge in [0.15, 0.2) is 0 Å². The third kappa shape index (κ3) is 3.48. The number of benzene rings is 2. The summed E-state index contributed by atoms with van der Waals surface area (Å²) in [4.78, 5) is 17.2. The molecule has 2 heterocycles. The van der Waals surface area contributed by atoms with Gasteiger partial charge in [0, 0.05) is 16.0 Å². The van der Waals surface area contributed by atoms with Crippen LogP contribution in [0.15, 0.2) is 57.3 Å². The predicted molar refractivity (Wildman–Crippen MR) is 109 cm³/mol. The van der Waals surface area contributed by atoms with Crippen LogP contribution >= 0.6 is 22.9 Å². The Morgan fingerprint density at radius 2 is 1.93 bits per heavy atom. The van der Waals surface area contributed by atoms with Gasteiger partial charge >= 0.3 is 0 Å². The SMILES string of the molecule is Cc1nc(-c2coc3c(C)c(OCc4ccc(Cl)cc4)ccc3c2=O)cs1. The topological polar surface area (TPSA) is 52.3 Å². The molecule has 0 amide bonds. The smallest absolute Gasteiger partial charge is 0.202 e. The average Bonchev–Trinajstić information content (AvgIpc) is 3.09. The number of nitrogens with zero attached hydrogens (tertiary/aromatic N) is 1. The molecule has 0 aliphatic carbocycles. The van der Waals surface area contributed by atoms with Gasteiger partial charge in [0.05, 0.1) is 21.7 Å². The van der Waals surface area contributed by atoms with Crippen molar-refractivity contribution in [3.63, 3.8) is 0 Å². The molecule has 6 heteroatoms. The van der Waals surface area contributed by atoms with Crippen LogP contribution in [0.2, 0.25) is 5.02 Å². The van der Waals surface area contributed by atoms with Crippen molar-refractivity contribution in [2.45, 2.75) is 20.5 Å². The Hall–Kier alpha value is -2.63. The summed E-state index contributed by atoms with van der Waals surface area (Å²) in [5, 5.41) is 3.98. The Morgan fingerprint density at radius 3 is 2.63 bits per heavy atom. The molecule has 4 nitrogen and oxygen atoms in total. The molecule has 0 spiro atoms. The maximum Gasteiger partial charge on any atom is 0.202 e. The number of fused-ring (bicyclic) bond motifs is 1. The van der Waals surface area contributed by atoms with E-state index in [1.165, 1.54) is 17.6 Å². The zero-order chi connectivity index (χ0) is 19.0. The molecule has 0 aliphatic rings. The average molecular weight is 398 g/mol. The van der Waals surface area contributed by atoms with Crippen LogP contribution in [0, 0.1) is 13.8 Å². The van der Waals surface area contributed by atoms with E-state index < -0.39 is 0 Å². The lowest BCUT2D eigenvalue weighted by atomic mass is 10.1. The highest BCUT2D eigenvalue weighted by molar-refractivity contribution is 7.09. The van der Waals surface area contributed by atoms with Gasteiger partial charge in [0.1, 0.15) is 24.2 Å². The van der Waals surface area contributed by atoms with Crippen LogP contribution in [-0.2, 0) is 6.61 Å². The minimum atomic E-state index is -0.0890. The minimum Gasteiger partial charge on any atom is -0.488 e. The van der Waals surface area contributed by atoms with Gasteiger partial charge in [-0.1, -0.05) is 23.7 Å². The molecule has 27 heavy (non-hydrogen) atoms. The summed E-state index contributed by atoms with van der Waals surface area (Å²) in [6.07, 6.45) is 1.48. The maximum atomic E-state index is 12.9. The van der Waals surface area contributed by atoms with E-state index in [0.29, 0.717) is 39.6 Å². The van der Waals surface area contributed by atoms with Crippen molar-refractivity contribution in [2.24, 2.45) is 0 Å². The van der Waals surface area contributed by atoms with Gasteiger partial charge in [-0.2, -0.15) is 0 Å². The van der Waals surface area contributed by atoms with Crippen LogP contribution in [0.1, 0.15) is 16.1 Å². The number of aryl methyl sites for hydroxylation is 2. The Kier molecular flexibility index (Phi) is 4.72. The van der Waals surface area contributed by atoms with E-state index in [0.717, 1.165) is 16.1 Å². The van der Waals surface area contributed by atoms with Crippen LogP contribution in [-0.4, -0.2) is 4.98 Å². The Bertz CT molecular complexity index is 1180. The molecule has 0 fully saturated rings. The van der Waals surface area contributed by atoms with Crippen molar-refractivity contribution in [1.29, 1.82) is 0 Å². The second kappa shape index (κ2) is 7.18. The van der Waals surface area contributed by atoms with E-state index in [1.54, 1.807) is 12.1 Å². The van der Waals surface area contributed by atoms with E-state index >= 15 is 0 Å².